The second-order valence-corrected chi connectivity index (χ2v) is 4.27. The highest BCUT2D eigenvalue weighted by Crippen LogP contribution is 2.25. The first-order valence-electron chi connectivity index (χ1n) is 6.58. The molecule has 0 atom stereocenters. The van der Waals surface area contributed by atoms with Gasteiger partial charge in [-0.25, -0.2) is 9.48 Å². The number of carboxylic acids is 1. The first kappa shape index (κ1) is 14.8. The van der Waals surface area contributed by atoms with Crippen molar-refractivity contribution < 1.29 is 19.4 Å². The van der Waals surface area contributed by atoms with E-state index in [1.54, 1.807) is 11.8 Å². The van der Waals surface area contributed by atoms with Gasteiger partial charge in [0.15, 0.2) is 17.2 Å². The van der Waals surface area contributed by atoms with Gasteiger partial charge in [0.05, 0.1) is 19.3 Å². The number of nitrogens with zero attached hydrogens (tertiary/aromatic N) is 3. The zero-order valence-electron chi connectivity index (χ0n) is 11.9. The van der Waals surface area contributed by atoms with E-state index in [4.69, 9.17) is 14.6 Å². The summed E-state index contributed by atoms with van der Waals surface area (Å²) in [6.45, 7) is 2.63. The van der Waals surface area contributed by atoms with Crippen molar-refractivity contribution in [3.8, 4) is 11.5 Å². The van der Waals surface area contributed by atoms with Gasteiger partial charge in [-0.2, -0.15) is 0 Å². The standard InChI is InChI=1S/C14H17N3O4/c1-3-10-13(14(18)19)15-16-17(10)8-9-21-12-7-5-4-6-11(12)20-2/h4-7H,3,8-9H2,1-2H3,(H,18,19). The maximum Gasteiger partial charge on any atom is 0.358 e. The number of carboxylic acid groups (broad SMARTS) is 1. The number of carbonyl (C=O) groups is 1. The number of benzene rings is 1. The smallest absolute Gasteiger partial charge is 0.358 e. The number of aromatic nitrogens is 3. The van der Waals surface area contributed by atoms with Crippen molar-refractivity contribution in [2.45, 2.75) is 19.9 Å². The molecule has 0 spiro atoms. The molecular formula is C14H17N3O4. The Labute approximate surface area is 122 Å². The van der Waals surface area contributed by atoms with Gasteiger partial charge in [-0.15, -0.1) is 5.10 Å². The predicted octanol–water partition coefficient (Wildman–Crippen LogP) is 1.63. The summed E-state index contributed by atoms with van der Waals surface area (Å²) in [6.07, 6.45) is 0.545. The molecule has 0 fully saturated rings. The quantitative estimate of drug-likeness (QED) is 0.834. The molecule has 7 nitrogen and oxygen atoms in total. The Bertz CT molecular complexity index is 624. The molecule has 0 aliphatic carbocycles. The molecule has 0 unspecified atom stereocenters. The number of ether oxygens (including phenoxy) is 2. The Morgan fingerprint density at radius 2 is 2.05 bits per heavy atom. The normalized spacial score (nSPS) is 10.4. The average Bonchev–Trinajstić information content (AvgIpc) is 2.91. The van der Waals surface area contributed by atoms with E-state index in [1.807, 2.05) is 31.2 Å². The third-order valence-electron chi connectivity index (χ3n) is 3.00. The molecule has 2 rings (SSSR count). The van der Waals surface area contributed by atoms with Crippen LogP contribution < -0.4 is 9.47 Å². The van der Waals surface area contributed by atoms with Crippen LogP contribution in [0.5, 0.6) is 11.5 Å². The van der Waals surface area contributed by atoms with Crippen molar-refractivity contribution in [2.75, 3.05) is 13.7 Å². The van der Waals surface area contributed by atoms with Crippen LogP contribution >= 0.6 is 0 Å². The Morgan fingerprint density at radius 1 is 1.33 bits per heavy atom. The van der Waals surface area contributed by atoms with E-state index in [0.29, 0.717) is 36.8 Å². The molecule has 0 bridgehead atoms. The summed E-state index contributed by atoms with van der Waals surface area (Å²) >= 11 is 0. The molecule has 0 amide bonds. The number of hydrogen-bond donors (Lipinski definition) is 1. The van der Waals surface area contributed by atoms with E-state index in [1.165, 1.54) is 0 Å². The number of para-hydroxylation sites is 2. The topological polar surface area (TPSA) is 86.5 Å². The molecule has 0 aliphatic rings. The molecule has 21 heavy (non-hydrogen) atoms. The van der Waals surface area contributed by atoms with Crippen LogP contribution in [0.25, 0.3) is 0 Å². The first-order valence-corrected chi connectivity index (χ1v) is 6.58. The largest absolute Gasteiger partial charge is 0.493 e. The lowest BCUT2D eigenvalue weighted by Gasteiger charge is -2.10. The molecule has 0 saturated heterocycles. The molecule has 1 heterocycles. The van der Waals surface area contributed by atoms with E-state index < -0.39 is 5.97 Å². The number of aromatic carboxylic acids is 1. The second kappa shape index (κ2) is 6.74. The zero-order chi connectivity index (χ0) is 15.2. The number of hydrogen-bond acceptors (Lipinski definition) is 5. The van der Waals surface area contributed by atoms with Gasteiger partial charge in [-0.05, 0) is 18.6 Å². The minimum absolute atomic E-state index is 0.00482. The average molecular weight is 291 g/mol. The fourth-order valence-electron chi connectivity index (χ4n) is 2.01. The van der Waals surface area contributed by atoms with Gasteiger partial charge in [0.25, 0.3) is 0 Å². The molecule has 1 aromatic heterocycles. The summed E-state index contributed by atoms with van der Waals surface area (Å²) in [5.41, 5.74) is 0.584. The summed E-state index contributed by atoms with van der Waals surface area (Å²) in [4.78, 5) is 11.0. The Hall–Kier alpha value is -2.57. The van der Waals surface area contributed by atoms with Crippen LogP contribution in [0.1, 0.15) is 23.1 Å². The van der Waals surface area contributed by atoms with E-state index in [2.05, 4.69) is 10.3 Å². The fourth-order valence-corrected chi connectivity index (χ4v) is 2.01. The molecular weight excluding hydrogens is 274 g/mol. The summed E-state index contributed by atoms with van der Waals surface area (Å²) in [7, 11) is 1.58. The molecule has 0 saturated carbocycles. The lowest BCUT2D eigenvalue weighted by atomic mass is 10.2. The van der Waals surface area contributed by atoms with E-state index in [0.717, 1.165) is 0 Å². The SMILES string of the molecule is CCc1c(C(=O)O)nnn1CCOc1ccccc1OC. The summed E-state index contributed by atoms with van der Waals surface area (Å²) in [5.74, 6) is 0.221. The monoisotopic (exact) mass is 291 g/mol. The first-order chi connectivity index (χ1) is 10.2. The molecule has 0 radical (unpaired) electrons. The number of methoxy groups -OCH3 is 1. The van der Waals surface area contributed by atoms with Crippen molar-refractivity contribution >= 4 is 5.97 Å². The van der Waals surface area contributed by atoms with Crippen LogP contribution in [0.3, 0.4) is 0 Å². The minimum Gasteiger partial charge on any atom is -0.493 e. The highest BCUT2D eigenvalue weighted by Gasteiger charge is 2.17. The van der Waals surface area contributed by atoms with Gasteiger partial charge in [0, 0.05) is 0 Å². The van der Waals surface area contributed by atoms with Gasteiger partial charge in [0.2, 0.25) is 0 Å². The molecule has 1 aromatic carbocycles. The molecule has 112 valence electrons. The molecule has 1 N–H and O–H groups in total. The Morgan fingerprint density at radius 3 is 2.67 bits per heavy atom. The second-order valence-electron chi connectivity index (χ2n) is 4.27. The summed E-state index contributed by atoms with van der Waals surface area (Å²) < 4.78 is 12.4. The van der Waals surface area contributed by atoms with Gasteiger partial charge in [0.1, 0.15) is 6.61 Å². The van der Waals surface area contributed by atoms with Gasteiger partial charge in [-0.1, -0.05) is 24.3 Å². The molecule has 7 heteroatoms. The fraction of sp³-hybridized carbons (Fsp3) is 0.357. The highest BCUT2D eigenvalue weighted by atomic mass is 16.5. The molecule has 2 aromatic rings. The van der Waals surface area contributed by atoms with Crippen LogP contribution in [-0.4, -0.2) is 39.8 Å². The predicted molar refractivity (Wildman–Crippen MR) is 74.8 cm³/mol. The van der Waals surface area contributed by atoms with Crippen molar-refractivity contribution in [3.63, 3.8) is 0 Å². The minimum atomic E-state index is -1.07. The van der Waals surface area contributed by atoms with Gasteiger partial charge in [-0.3, -0.25) is 0 Å². The zero-order valence-corrected chi connectivity index (χ0v) is 11.9. The lowest BCUT2D eigenvalue weighted by molar-refractivity contribution is 0.0689. The Balaban J connectivity index is 2.02. The maximum absolute atomic E-state index is 11.0. The Kier molecular flexibility index (Phi) is 4.76. The van der Waals surface area contributed by atoms with Crippen molar-refractivity contribution in [1.82, 2.24) is 15.0 Å². The van der Waals surface area contributed by atoms with Crippen molar-refractivity contribution in [1.29, 1.82) is 0 Å². The third kappa shape index (κ3) is 3.31. The van der Waals surface area contributed by atoms with Crippen molar-refractivity contribution in [2.24, 2.45) is 0 Å². The van der Waals surface area contributed by atoms with Crippen LogP contribution in [0, 0.1) is 0 Å². The van der Waals surface area contributed by atoms with Gasteiger partial charge < -0.3 is 14.6 Å². The third-order valence-corrected chi connectivity index (χ3v) is 3.00. The van der Waals surface area contributed by atoms with Crippen LogP contribution in [0.15, 0.2) is 24.3 Å². The lowest BCUT2D eigenvalue weighted by Crippen LogP contribution is -2.13. The van der Waals surface area contributed by atoms with Gasteiger partial charge >= 0.3 is 5.97 Å². The molecule has 0 aliphatic heterocycles. The van der Waals surface area contributed by atoms with E-state index in [9.17, 15) is 4.79 Å². The van der Waals surface area contributed by atoms with Crippen molar-refractivity contribution in [3.05, 3.63) is 35.7 Å². The van der Waals surface area contributed by atoms with E-state index in [-0.39, 0.29) is 5.69 Å². The van der Waals surface area contributed by atoms with Crippen LogP contribution in [-0.2, 0) is 13.0 Å². The summed E-state index contributed by atoms with van der Waals surface area (Å²) in [5, 5.41) is 16.6. The van der Waals surface area contributed by atoms with Crippen LogP contribution in [0.2, 0.25) is 0 Å². The maximum atomic E-state index is 11.0. The van der Waals surface area contributed by atoms with Crippen LogP contribution in [0.4, 0.5) is 0 Å². The number of rotatable bonds is 7. The highest BCUT2D eigenvalue weighted by molar-refractivity contribution is 5.86. The van der Waals surface area contributed by atoms with E-state index >= 15 is 0 Å². The summed E-state index contributed by atoms with van der Waals surface area (Å²) in [6, 6.07) is 7.33.